The van der Waals surface area contributed by atoms with Crippen LogP contribution in [0.4, 0.5) is 0 Å². The van der Waals surface area contributed by atoms with Crippen molar-refractivity contribution in [2.24, 2.45) is 16.8 Å². The van der Waals surface area contributed by atoms with Crippen LogP contribution in [0.2, 0.25) is 0 Å². The zero-order chi connectivity index (χ0) is 12.8. The summed E-state index contributed by atoms with van der Waals surface area (Å²) in [4.78, 5) is 4.84. The van der Waals surface area contributed by atoms with E-state index in [0.29, 0.717) is 18.3 Å². The summed E-state index contributed by atoms with van der Waals surface area (Å²) in [6, 6.07) is 0.680. The van der Waals surface area contributed by atoms with Crippen molar-refractivity contribution in [3.05, 3.63) is 0 Å². The topological polar surface area (TPSA) is 65.1 Å². The highest BCUT2D eigenvalue weighted by Gasteiger charge is 2.30. The Hall–Kier alpha value is -0.810. The number of nitrogens with two attached hydrogens (primary N) is 1. The number of oxime groups is 1. The summed E-state index contributed by atoms with van der Waals surface area (Å²) in [6.45, 7) is 5.79. The molecule has 0 aromatic heterocycles. The molecule has 3 N–H and O–H groups in total. The highest BCUT2D eigenvalue weighted by atomic mass is 16.4. The van der Waals surface area contributed by atoms with Gasteiger partial charge in [-0.15, -0.1) is 0 Å². The molecule has 0 aromatic rings. The van der Waals surface area contributed by atoms with Crippen molar-refractivity contribution in [3.63, 3.8) is 0 Å². The lowest BCUT2D eigenvalue weighted by atomic mass is 10.1. The number of hydrogen-bond acceptors (Lipinski definition) is 4. The van der Waals surface area contributed by atoms with Gasteiger partial charge in [-0.25, -0.2) is 0 Å². The van der Waals surface area contributed by atoms with Gasteiger partial charge in [0, 0.05) is 25.6 Å². The second-order valence-corrected chi connectivity index (χ2v) is 5.32. The van der Waals surface area contributed by atoms with Crippen LogP contribution in [0.3, 0.4) is 0 Å². The molecule has 0 bridgehead atoms. The highest BCUT2D eigenvalue weighted by molar-refractivity contribution is 5.79. The normalized spacial score (nSPS) is 26.9. The Kier molecular flexibility index (Phi) is 5.71. The molecular weight excluding hydrogens is 216 g/mol. The molecule has 1 heterocycles. The Morgan fingerprint density at radius 2 is 2.12 bits per heavy atom. The van der Waals surface area contributed by atoms with Gasteiger partial charge in [0.15, 0.2) is 0 Å². The van der Waals surface area contributed by atoms with Crippen LogP contribution < -0.4 is 5.73 Å². The quantitative estimate of drug-likeness (QED) is 0.237. The summed E-state index contributed by atoms with van der Waals surface area (Å²) in [5.41, 5.74) is 5.43. The van der Waals surface area contributed by atoms with Crippen LogP contribution in [0, 0.1) is 5.92 Å². The minimum absolute atomic E-state index is 0.339. The Labute approximate surface area is 104 Å². The van der Waals surface area contributed by atoms with Crippen molar-refractivity contribution < 1.29 is 5.21 Å². The third-order valence-corrected chi connectivity index (χ3v) is 3.60. The van der Waals surface area contributed by atoms with Crippen molar-refractivity contribution in [1.29, 1.82) is 0 Å². The lowest BCUT2D eigenvalue weighted by Crippen LogP contribution is -2.34. The summed E-state index contributed by atoms with van der Waals surface area (Å²) in [5, 5.41) is 11.4. The SMILES string of the molecule is CC1CN(CCCCC(N)=NO)CC1N(C)C. The fraction of sp³-hybridized carbons (Fsp3) is 0.917. The third kappa shape index (κ3) is 4.52. The molecular formula is C12H26N4O. The molecule has 0 spiro atoms. The molecule has 0 aromatic carbocycles. The predicted molar refractivity (Wildman–Crippen MR) is 70.3 cm³/mol. The van der Waals surface area contributed by atoms with Gasteiger partial charge in [-0.2, -0.15) is 0 Å². The van der Waals surface area contributed by atoms with Gasteiger partial charge in [0.2, 0.25) is 0 Å². The number of unbranched alkanes of at least 4 members (excludes halogenated alkanes) is 1. The van der Waals surface area contributed by atoms with E-state index >= 15 is 0 Å². The van der Waals surface area contributed by atoms with Crippen LogP contribution >= 0.6 is 0 Å². The summed E-state index contributed by atoms with van der Waals surface area (Å²) in [6.07, 6.45) is 2.80. The molecule has 0 radical (unpaired) electrons. The first-order valence-corrected chi connectivity index (χ1v) is 6.39. The molecule has 0 amide bonds. The van der Waals surface area contributed by atoms with Crippen molar-refractivity contribution in [3.8, 4) is 0 Å². The minimum Gasteiger partial charge on any atom is -0.409 e. The number of amidine groups is 1. The smallest absolute Gasteiger partial charge is 0.139 e. The van der Waals surface area contributed by atoms with Crippen LogP contribution in [0.1, 0.15) is 26.2 Å². The maximum Gasteiger partial charge on any atom is 0.139 e. The van der Waals surface area contributed by atoms with Crippen molar-refractivity contribution in [2.45, 2.75) is 32.2 Å². The molecule has 1 aliphatic heterocycles. The van der Waals surface area contributed by atoms with Crippen LogP contribution in [-0.4, -0.2) is 60.6 Å². The Bertz CT molecular complexity index is 255. The van der Waals surface area contributed by atoms with E-state index in [-0.39, 0.29) is 0 Å². The Morgan fingerprint density at radius 1 is 1.41 bits per heavy atom. The third-order valence-electron chi connectivity index (χ3n) is 3.60. The average molecular weight is 242 g/mol. The zero-order valence-electron chi connectivity index (χ0n) is 11.3. The Morgan fingerprint density at radius 3 is 2.65 bits per heavy atom. The largest absolute Gasteiger partial charge is 0.409 e. The molecule has 1 saturated heterocycles. The van der Waals surface area contributed by atoms with Crippen LogP contribution in [-0.2, 0) is 0 Å². The van der Waals surface area contributed by atoms with Crippen LogP contribution in [0.15, 0.2) is 5.16 Å². The van der Waals surface area contributed by atoms with Crippen LogP contribution in [0.25, 0.3) is 0 Å². The van der Waals surface area contributed by atoms with Crippen molar-refractivity contribution >= 4 is 5.84 Å². The first-order valence-electron chi connectivity index (χ1n) is 6.39. The van der Waals surface area contributed by atoms with Gasteiger partial charge in [-0.3, -0.25) is 0 Å². The van der Waals surface area contributed by atoms with E-state index in [1.165, 1.54) is 6.54 Å². The number of hydrogen-bond donors (Lipinski definition) is 2. The lowest BCUT2D eigenvalue weighted by molar-refractivity contribution is 0.251. The predicted octanol–water partition coefficient (Wildman–Crippen LogP) is 0.785. The minimum atomic E-state index is 0.339. The molecule has 0 aliphatic carbocycles. The molecule has 1 fully saturated rings. The fourth-order valence-electron chi connectivity index (χ4n) is 2.59. The highest BCUT2D eigenvalue weighted by Crippen LogP contribution is 2.20. The molecule has 5 heteroatoms. The van der Waals surface area contributed by atoms with Gasteiger partial charge >= 0.3 is 0 Å². The van der Waals surface area contributed by atoms with Gasteiger partial charge in [0.1, 0.15) is 5.84 Å². The summed E-state index contributed by atoms with van der Waals surface area (Å²) in [5.74, 6) is 1.08. The molecule has 17 heavy (non-hydrogen) atoms. The average Bonchev–Trinajstić information content (AvgIpc) is 2.65. The Balaban J connectivity index is 2.17. The van der Waals surface area contributed by atoms with Gasteiger partial charge in [0.25, 0.3) is 0 Å². The van der Waals surface area contributed by atoms with Crippen LogP contribution in [0.5, 0.6) is 0 Å². The van der Waals surface area contributed by atoms with E-state index in [0.717, 1.165) is 31.8 Å². The fourth-order valence-corrected chi connectivity index (χ4v) is 2.59. The summed E-state index contributed by atoms with van der Waals surface area (Å²) >= 11 is 0. The summed E-state index contributed by atoms with van der Waals surface area (Å²) < 4.78 is 0. The van der Waals surface area contributed by atoms with E-state index in [1.54, 1.807) is 0 Å². The first kappa shape index (κ1) is 14.3. The zero-order valence-corrected chi connectivity index (χ0v) is 11.3. The number of rotatable bonds is 6. The van der Waals surface area contributed by atoms with E-state index in [9.17, 15) is 0 Å². The van der Waals surface area contributed by atoms with E-state index < -0.39 is 0 Å². The monoisotopic (exact) mass is 242 g/mol. The summed E-state index contributed by atoms with van der Waals surface area (Å²) in [7, 11) is 4.31. The maximum absolute atomic E-state index is 8.42. The van der Waals surface area contributed by atoms with Gasteiger partial charge in [0.05, 0.1) is 0 Å². The van der Waals surface area contributed by atoms with Crippen molar-refractivity contribution in [2.75, 3.05) is 33.7 Å². The standard InChI is InChI=1S/C12H26N4O/c1-10-8-16(9-11(10)15(2)3)7-5-4-6-12(13)14-17/h10-11,17H,4-9H2,1-3H3,(H2,13,14). The first-order chi connectivity index (χ1) is 8.04. The number of likely N-dealkylation sites (tertiary alicyclic amines) is 1. The molecule has 100 valence electrons. The lowest BCUT2D eigenvalue weighted by Gasteiger charge is -2.22. The molecule has 1 rings (SSSR count). The molecule has 2 atom stereocenters. The molecule has 2 unspecified atom stereocenters. The second-order valence-electron chi connectivity index (χ2n) is 5.32. The molecule has 1 aliphatic rings. The molecule has 5 nitrogen and oxygen atoms in total. The van der Waals surface area contributed by atoms with Gasteiger partial charge in [-0.05, 0) is 39.4 Å². The number of nitrogens with zero attached hydrogens (tertiary/aromatic N) is 3. The second kappa shape index (κ2) is 6.81. The van der Waals surface area contributed by atoms with Gasteiger partial charge in [-0.1, -0.05) is 12.1 Å². The van der Waals surface area contributed by atoms with E-state index in [4.69, 9.17) is 10.9 Å². The molecule has 0 saturated carbocycles. The maximum atomic E-state index is 8.42. The number of likely N-dealkylation sites (N-methyl/N-ethyl adjacent to an activating group) is 1. The van der Waals surface area contributed by atoms with Crippen molar-refractivity contribution in [1.82, 2.24) is 9.80 Å². The van der Waals surface area contributed by atoms with E-state index in [2.05, 4.69) is 36.0 Å². The van der Waals surface area contributed by atoms with Gasteiger partial charge < -0.3 is 20.7 Å². The van der Waals surface area contributed by atoms with E-state index in [1.807, 2.05) is 0 Å².